The lowest BCUT2D eigenvalue weighted by atomic mass is 9.79. The highest BCUT2D eigenvalue weighted by atomic mass is 16.3. The van der Waals surface area contributed by atoms with Crippen molar-refractivity contribution in [1.82, 2.24) is 0 Å². The lowest BCUT2D eigenvalue weighted by molar-refractivity contribution is 0.190. The molecule has 1 N–H and O–H groups in total. The lowest BCUT2D eigenvalue weighted by Crippen LogP contribution is -2.26. The molecular weight excluding hydrogens is 258 g/mol. The van der Waals surface area contributed by atoms with E-state index >= 15 is 0 Å². The maximum Gasteiger partial charge on any atom is 0.0726 e. The summed E-state index contributed by atoms with van der Waals surface area (Å²) in [5, 5.41) is 9.87. The van der Waals surface area contributed by atoms with E-state index in [1.54, 1.807) is 0 Å². The van der Waals surface area contributed by atoms with Gasteiger partial charge in [-0.3, -0.25) is 0 Å². The van der Waals surface area contributed by atoms with Gasteiger partial charge in [0.25, 0.3) is 0 Å². The Balaban J connectivity index is 1.68. The Kier molecular flexibility index (Phi) is 3.15. The summed E-state index contributed by atoms with van der Waals surface area (Å²) in [5.74, 6) is 0.678. The summed E-state index contributed by atoms with van der Waals surface area (Å²) in [5.41, 5.74) is 7.02. The van der Waals surface area contributed by atoms with Gasteiger partial charge in [-0.25, -0.2) is 0 Å². The molecular formula is C19H23NO. The number of anilines is 1. The third-order valence-electron chi connectivity index (χ3n) is 5.23. The van der Waals surface area contributed by atoms with Crippen LogP contribution in [0.2, 0.25) is 0 Å². The number of aliphatic hydroxyl groups excluding tert-OH is 1. The zero-order valence-corrected chi connectivity index (χ0v) is 12.7. The van der Waals surface area contributed by atoms with Gasteiger partial charge in [-0.05, 0) is 73.8 Å². The van der Waals surface area contributed by atoms with E-state index in [0.717, 1.165) is 25.8 Å². The average molecular weight is 281 g/mol. The predicted molar refractivity (Wildman–Crippen MR) is 86.4 cm³/mol. The highest BCUT2D eigenvalue weighted by Gasteiger charge is 2.28. The summed E-state index contributed by atoms with van der Waals surface area (Å²) >= 11 is 0. The van der Waals surface area contributed by atoms with Gasteiger partial charge in [-0.2, -0.15) is 0 Å². The van der Waals surface area contributed by atoms with Crippen LogP contribution in [0.1, 0.15) is 36.8 Å². The van der Waals surface area contributed by atoms with Crippen LogP contribution in [-0.4, -0.2) is 17.8 Å². The van der Waals surface area contributed by atoms with Crippen molar-refractivity contribution in [1.29, 1.82) is 0 Å². The van der Waals surface area contributed by atoms with E-state index in [1.165, 1.54) is 40.9 Å². The van der Waals surface area contributed by atoms with E-state index in [9.17, 15) is 5.11 Å². The van der Waals surface area contributed by atoms with Crippen molar-refractivity contribution >= 4 is 5.69 Å². The van der Waals surface area contributed by atoms with Gasteiger partial charge in [-0.1, -0.05) is 18.2 Å². The number of nitrogens with zero attached hydrogens (tertiary/aromatic N) is 1. The van der Waals surface area contributed by atoms with Gasteiger partial charge < -0.3 is 10.0 Å². The van der Waals surface area contributed by atoms with Gasteiger partial charge in [-0.15, -0.1) is 0 Å². The van der Waals surface area contributed by atoms with Crippen LogP contribution < -0.4 is 4.90 Å². The molecule has 2 atom stereocenters. The van der Waals surface area contributed by atoms with Crippen LogP contribution in [-0.2, 0) is 6.42 Å². The molecule has 2 unspecified atom stereocenters. The fourth-order valence-corrected chi connectivity index (χ4v) is 4.04. The van der Waals surface area contributed by atoms with Gasteiger partial charge in [0, 0.05) is 17.9 Å². The molecule has 1 aromatic rings. The fourth-order valence-electron chi connectivity index (χ4n) is 4.04. The van der Waals surface area contributed by atoms with Gasteiger partial charge in [0.15, 0.2) is 0 Å². The second-order valence-electron chi connectivity index (χ2n) is 6.72. The molecule has 0 amide bonds. The Bertz CT molecular complexity index is 628. The first kappa shape index (κ1) is 13.1. The maximum atomic E-state index is 9.87. The zero-order valence-electron chi connectivity index (χ0n) is 12.7. The highest BCUT2D eigenvalue weighted by Crippen LogP contribution is 2.40. The molecule has 1 aromatic carbocycles. The van der Waals surface area contributed by atoms with Crippen molar-refractivity contribution in [3.8, 4) is 0 Å². The third kappa shape index (κ3) is 2.32. The zero-order chi connectivity index (χ0) is 14.4. The first-order valence-electron chi connectivity index (χ1n) is 8.18. The standard InChI is InChI=1S/C19H23NO/c1-13-2-3-15-8-9-20(19(15)10-13)17-6-4-14-5-7-18(21)12-16(14)11-17/h2-3,10-12,14,18,21H,4-9H2,1H3. The number of fused-ring (bicyclic) bond motifs is 2. The van der Waals surface area contributed by atoms with Crippen LogP contribution in [0.3, 0.4) is 0 Å². The molecule has 21 heavy (non-hydrogen) atoms. The Morgan fingerprint density at radius 1 is 1.14 bits per heavy atom. The summed E-state index contributed by atoms with van der Waals surface area (Å²) < 4.78 is 0. The lowest BCUT2D eigenvalue weighted by Gasteiger charge is -2.33. The number of benzene rings is 1. The molecule has 0 spiro atoms. The summed E-state index contributed by atoms with van der Waals surface area (Å²) in [6.07, 6.45) is 9.84. The number of aryl methyl sites for hydroxylation is 1. The number of aliphatic hydroxyl groups is 1. The highest BCUT2D eigenvalue weighted by molar-refractivity contribution is 5.64. The van der Waals surface area contributed by atoms with Crippen LogP contribution in [0.4, 0.5) is 5.69 Å². The van der Waals surface area contributed by atoms with E-state index in [2.05, 4.69) is 42.2 Å². The molecule has 3 aliphatic rings. The number of rotatable bonds is 1. The maximum absolute atomic E-state index is 9.87. The Hall–Kier alpha value is -1.54. The molecule has 0 saturated carbocycles. The van der Waals surface area contributed by atoms with Crippen molar-refractivity contribution in [2.45, 2.75) is 45.1 Å². The monoisotopic (exact) mass is 281 g/mol. The third-order valence-corrected chi connectivity index (χ3v) is 5.23. The van der Waals surface area contributed by atoms with Gasteiger partial charge in [0.05, 0.1) is 6.10 Å². The second kappa shape index (κ2) is 5.03. The molecule has 0 saturated heterocycles. The molecule has 110 valence electrons. The minimum Gasteiger partial charge on any atom is -0.389 e. The number of hydrogen-bond acceptors (Lipinski definition) is 2. The SMILES string of the molecule is Cc1ccc2c(c1)N(C1=CC3=CC(O)CCC3CC1)CC2. The Morgan fingerprint density at radius 3 is 2.95 bits per heavy atom. The molecule has 4 rings (SSSR count). The topological polar surface area (TPSA) is 23.5 Å². The Labute approximate surface area is 126 Å². The van der Waals surface area contributed by atoms with Crippen molar-refractivity contribution in [3.05, 3.63) is 52.7 Å². The van der Waals surface area contributed by atoms with E-state index in [0.29, 0.717) is 5.92 Å². The van der Waals surface area contributed by atoms with E-state index in [1.807, 2.05) is 0 Å². The number of hydrogen-bond donors (Lipinski definition) is 1. The second-order valence-corrected chi connectivity index (χ2v) is 6.72. The van der Waals surface area contributed by atoms with E-state index in [-0.39, 0.29) is 6.10 Å². The molecule has 2 aliphatic carbocycles. The first-order valence-corrected chi connectivity index (χ1v) is 8.18. The molecule has 2 nitrogen and oxygen atoms in total. The largest absolute Gasteiger partial charge is 0.389 e. The van der Waals surface area contributed by atoms with Crippen molar-refractivity contribution < 1.29 is 5.11 Å². The van der Waals surface area contributed by atoms with Gasteiger partial charge in [0.1, 0.15) is 0 Å². The van der Waals surface area contributed by atoms with Crippen molar-refractivity contribution in [2.24, 2.45) is 5.92 Å². The van der Waals surface area contributed by atoms with E-state index in [4.69, 9.17) is 0 Å². The van der Waals surface area contributed by atoms with Gasteiger partial charge in [0.2, 0.25) is 0 Å². The van der Waals surface area contributed by atoms with Crippen LogP contribution >= 0.6 is 0 Å². The minimum atomic E-state index is -0.236. The number of allylic oxidation sites excluding steroid dienone is 3. The molecule has 0 fully saturated rings. The fraction of sp³-hybridized carbons (Fsp3) is 0.474. The summed E-state index contributed by atoms with van der Waals surface area (Å²) in [7, 11) is 0. The van der Waals surface area contributed by atoms with E-state index < -0.39 is 0 Å². The minimum absolute atomic E-state index is 0.236. The Morgan fingerprint density at radius 2 is 2.05 bits per heavy atom. The van der Waals surface area contributed by atoms with Crippen LogP contribution in [0.25, 0.3) is 0 Å². The van der Waals surface area contributed by atoms with Crippen LogP contribution in [0.5, 0.6) is 0 Å². The van der Waals surface area contributed by atoms with Crippen molar-refractivity contribution in [3.63, 3.8) is 0 Å². The van der Waals surface area contributed by atoms with Crippen molar-refractivity contribution in [2.75, 3.05) is 11.4 Å². The molecule has 0 radical (unpaired) electrons. The van der Waals surface area contributed by atoms with Gasteiger partial charge >= 0.3 is 0 Å². The molecule has 0 bridgehead atoms. The van der Waals surface area contributed by atoms with Crippen LogP contribution in [0.15, 0.2) is 41.6 Å². The summed E-state index contributed by atoms with van der Waals surface area (Å²) in [6.45, 7) is 3.27. The van der Waals surface area contributed by atoms with Crippen LogP contribution in [0, 0.1) is 12.8 Å². The molecule has 0 aromatic heterocycles. The molecule has 1 aliphatic heterocycles. The quantitative estimate of drug-likeness (QED) is 0.848. The predicted octanol–water partition coefficient (Wildman–Crippen LogP) is 3.73. The smallest absolute Gasteiger partial charge is 0.0726 e. The first-order chi connectivity index (χ1) is 10.2. The normalized spacial score (nSPS) is 27.8. The molecule has 1 heterocycles. The average Bonchev–Trinajstić information content (AvgIpc) is 2.89. The summed E-state index contributed by atoms with van der Waals surface area (Å²) in [4.78, 5) is 2.50. The summed E-state index contributed by atoms with van der Waals surface area (Å²) in [6, 6.07) is 6.81. The molecule has 2 heteroatoms.